The molecule has 3 rings (SSSR count). The van der Waals surface area contributed by atoms with Crippen LogP contribution in [-0.2, 0) is 11.3 Å². The van der Waals surface area contributed by atoms with Gasteiger partial charge in [0.05, 0.1) is 0 Å². The summed E-state index contributed by atoms with van der Waals surface area (Å²) in [6, 6.07) is 9.89. The van der Waals surface area contributed by atoms with Crippen LogP contribution in [0.25, 0.3) is 0 Å². The SMILES string of the molecule is Cc1nc([N+](=O)[O-])cn1CCC(=O)N1C[C@@H](N)[C@H](c2ccccc2)C1. The van der Waals surface area contributed by atoms with Crippen LogP contribution in [-0.4, -0.2) is 44.4 Å². The molecule has 0 bridgehead atoms. The molecule has 25 heavy (non-hydrogen) atoms. The van der Waals surface area contributed by atoms with Gasteiger partial charge in [0.25, 0.3) is 0 Å². The molecule has 1 aromatic carbocycles. The zero-order chi connectivity index (χ0) is 18.0. The van der Waals surface area contributed by atoms with Gasteiger partial charge in [0, 0.05) is 44.9 Å². The highest BCUT2D eigenvalue weighted by atomic mass is 16.6. The molecule has 1 amide bonds. The number of carbonyl (C=O) groups excluding carboxylic acids is 1. The van der Waals surface area contributed by atoms with E-state index < -0.39 is 4.92 Å². The van der Waals surface area contributed by atoms with Gasteiger partial charge in [0.2, 0.25) is 11.7 Å². The van der Waals surface area contributed by atoms with Crippen LogP contribution in [0.15, 0.2) is 36.5 Å². The Bertz CT molecular complexity index is 774. The monoisotopic (exact) mass is 343 g/mol. The van der Waals surface area contributed by atoms with Crippen molar-refractivity contribution >= 4 is 11.7 Å². The summed E-state index contributed by atoms with van der Waals surface area (Å²) >= 11 is 0. The average Bonchev–Trinajstić information content (AvgIpc) is 3.17. The molecule has 0 spiro atoms. The van der Waals surface area contributed by atoms with Gasteiger partial charge in [-0.15, -0.1) is 0 Å². The molecule has 1 saturated heterocycles. The number of hydrogen-bond acceptors (Lipinski definition) is 5. The summed E-state index contributed by atoms with van der Waals surface area (Å²) in [5.74, 6) is 0.475. The molecule has 8 nitrogen and oxygen atoms in total. The molecule has 2 aromatic rings. The van der Waals surface area contributed by atoms with E-state index in [1.165, 1.54) is 6.20 Å². The predicted molar refractivity (Wildman–Crippen MR) is 92.0 cm³/mol. The molecule has 0 saturated carbocycles. The van der Waals surface area contributed by atoms with Gasteiger partial charge in [-0.1, -0.05) is 30.3 Å². The number of carbonyl (C=O) groups is 1. The lowest BCUT2D eigenvalue weighted by atomic mass is 9.95. The minimum absolute atomic E-state index is 0.00429. The lowest BCUT2D eigenvalue weighted by Gasteiger charge is -2.16. The van der Waals surface area contributed by atoms with Crippen molar-refractivity contribution in [3.05, 3.63) is 58.0 Å². The second-order valence-electron chi connectivity index (χ2n) is 6.33. The lowest BCUT2D eigenvalue weighted by Crippen LogP contribution is -2.32. The predicted octanol–water partition coefficient (Wildman–Crippen LogP) is 1.44. The molecule has 0 aliphatic carbocycles. The van der Waals surface area contributed by atoms with E-state index in [1.54, 1.807) is 16.4 Å². The van der Waals surface area contributed by atoms with Crippen LogP contribution in [0.5, 0.6) is 0 Å². The molecule has 1 fully saturated rings. The van der Waals surface area contributed by atoms with E-state index in [9.17, 15) is 14.9 Å². The van der Waals surface area contributed by atoms with Crippen molar-refractivity contribution in [2.45, 2.75) is 31.8 Å². The Morgan fingerprint density at radius 2 is 2.08 bits per heavy atom. The summed E-state index contributed by atoms with van der Waals surface area (Å²) in [4.78, 5) is 28.4. The van der Waals surface area contributed by atoms with Crippen LogP contribution in [0.4, 0.5) is 5.82 Å². The minimum Gasteiger partial charge on any atom is -0.358 e. The van der Waals surface area contributed by atoms with Crippen molar-refractivity contribution < 1.29 is 9.72 Å². The first-order chi connectivity index (χ1) is 12.0. The van der Waals surface area contributed by atoms with Gasteiger partial charge < -0.3 is 25.3 Å². The van der Waals surface area contributed by atoms with E-state index in [2.05, 4.69) is 4.98 Å². The molecule has 132 valence electrons. The smallest absolute Gasteiger partial charge is 0.358 e. The molecule has 2 heterocycles. The quantitative estimate of drug-likeness (QED) is 0.653. The zero-order valence-corrected chi connectivity index (χ0v) is 14.0. The van der Waals surface area contributed by atoms with Crippen molar-refractivity contribution in [1.29, 1.82) is 0 Å². The highest BCUT2D eigenvalue weighted by molar-refractivity contribution is 5.76. The van der Waals surface area contributed by atoms with Crippen molar-refractivity contribution in [3.8, 4) is 0 Å². The average molecular weight is 343 g/mol. The number of aromatic nitrogens is 2. The molecule has 1 aliphatic rings. The molecular formula is C17H21N5O3. The van der Waals surface area contributed by atoms with Gasteiger partial charge in [0.15, 0.2) is 0 Å². The first kappa shape index (κ1) is 17.1. The maximum atomic E-state index is 12.5. The van der Waals surface area contributed by atoms with Crippen LogP contribution in [0.2, 0.25) is 0 Å². The summed E-state index contributed by atoms with van der Waals surface area (Å²) in [5, 5.41) is 10.8. The summed E-state index contributed by atoms with van der Waals surface area (Å²) in [5.41, 5.74) is 7.37. The van der Waals surface area contributed by atoms with Crippen molar-refractivity contribution in [1.82, 2.24) is 14.5 Å². The minimum atomic E-state index is -0.532. The fraction of sp³-hybridized carbons (Fsp3) is 0.412. The third-order valence-corrected chi connectivity index (χ3v) is 4.66. The van der Waals surface area contributed by atoms with Crippen molar-refractivity contribution in [2.24, 2.45) is 5.73 Å². The number of nitrogens with two attached hydrogens (primary N) is 1. The number of rotatable bonds is 5. The molecule has 8 heteroatoms. The molecule has 2 N–H and O–H groups in total. The number of benzene rings is 1. The van der Waals surface area contributed by atoms with Crippen LogP contribution in [0, 0.1) is 17.0 Å². The number of nitro groups is 1. The third-order valence-electron chi connectivity index (χ3n) is 4.66. The highest BCUT2D eigenvalue weighted by Gasteiger charge is 2.33. The standard InChI is InChI=1S/C17H21N5O3/c1-12-19-16(22(24)25)11-20(12)8-7-17(23)21-9-14(15(18)10-21)13-5-3-2-4-6-13/h2-6,11,14-15H,7-10,18H2,1H3/t14-,15+/m0/s1. The largest absolute Gasteiger partial charge is 0.381 e. The molecule has 0 unspecified atom stereocenters. The number of imidazole rings is 1. The van der Waals surface area contributed by atoms with Gasteiger partial charge in [0.1, 0.15) is 6.20 Å². The van der Waals surface area contributed by atoms with Crippen LogP contribution in [0.1, 0.15) is 23.7 Å². The lowest BCUT2D eigenvalue weighted by molar-refractivity contribution is -0.389. The van der Waals surface area contributed by atoms with Gasteiger partial charge in [-0.25, -0.2) is 0 Å². The first-order valence-electron chi connectivity index (χ1n) is 8.22. The Morgan fingerprint density at radius 1 is 1.36 bits per heavy atom. The number of likely N-dealkylation sites (tertiary alicyclic amines) is 1. The Kier molecular flexibility index (Phi) is 4.80. The van der Waals surface area contributed by atoms with Crippen LogP contribution < -0.4 is 5.73 Å². The molecule has 1 aliphatic heterocycles. The Morgan fingerprint density at radius 3 is 2.72 bits per heavy atom. The molecule has 2 atom stereocenters. The normalized spacial score (nSPS) is 20.0. The Labute approximate surface area is 145 Å². The van der Waals surface area contributed by atoms with Crippen LogP contribution in [0.3, 0.4) is 0 Å². The second-order valence-corrected chi connectivity index (χ2v) is 6.33. The van der Waals surface area contributed by atoms with E-state index in [1.807, 2.05) is 30.3 Å². The number of hydrogen-bond donors (Lipinski definition) is 1. The zero-order valence-electron chi connectivity index (χ0n) is 14.0. The van der Waals surface area contributed by atoms with Crippen molar-refractivity contribution in [3.63, 3.8) is 0 Å². The molecule has 0 radical (unpaired) electrons. The summed E-state index contributed by atoms with van der Waals surface area (Å²) in [7, 11) is 0. The number of nitrogens with zero attached hydrogens (tertiary/aromatic N) is 4. The first-order valence-corrected chi connectivity index (χ1v) is 8.22. The van der Waals surface area contributed by atoms with E-state index in [4.69, 9.17) is 5.73 Å². The Hall–Kier alpha value is -2.74. The molecular weight excluding hydrogens is 322 g/mol. The maximum absolute atomic E-state index is 12.5. The summed E-state index contributed by atoms with van der Waals surface area (Å²) in [6.07, 6.45) is 1.63. The summed E-state index contributed by atoms with van der Waals surface area (Å²) in [6.45, 7) is 3.19. The van der Waals surface area contributed by atoms with Gasteiger partial charge in [-0.2, -0.15) is 0 Å². The van der Waals surface area contributed by atoms with Crippen LogP contribution >= 0.6 is 0 Å². The Balaban J connectivity index is 1.60. The number of amides is 1. The van der Waals surface area contributed by atoms with Crippen molar-refractivity contribution in [2.75, 3.05) is 13.1 Å². The van der Waals surface area contributed by atoms with E-state index in [0.29, 0.717) is 25.5 Å². The van der Waals surface area contributed by atoms with E-state index in [0.717, 1.165) is 5.56 Å². The second kappa shape index (κ2) is 7.02. The van der Waals surface area contributed by atoms with Gasteiger partial charge in [-0.05, 0) is 15.5 Å². The highest BCUT2D eigenvalue weighted by Crippen LogP contribution is 2.26. The maximum Gasteiger partial charge on any atom is 0.381 e. The number of aryl methyl sites for hydroxylation is 2. The summed E-state index contributed by atoms with van der Waals surface area (Å²) < 4.78 is 1.64. The van der Waals surface area contributed by atoms with Gasteiger partial charge >= 0.3 is 5.82 Å². The van der Waals surface area contributed by atoms with Gasteiger partial charge in [-0.3, -0.25) is 4.79 Å². The van der Waals surface area contributed by atoms with E-state index in [-0.39, 0.29) is 30.1 Å². The molecule has 1 aromatic heterocycles. The van der Waals surface area contributed by atoms with E-state index >= 15 is 0 Å². The topological polar surface area (TPSA) is 107 Å². The fourth-order valence-electron chi connectivity index (χ4n) is 3.27. The third kappa shape index (κ3) is 3.69. The fourth-order valence-corrected chi connectivity index (χ4v) is 3.27.